The number of carbonyl (C=O) groups is 1. The van der Waals surface area contributed by atoms with Gasteiger partial charge in [-0.3, -0.25) is 0 Å². The maximum Gasteiger partial charge on any atom is 0.425 e. The summed E-state index contributed by atoms with van der Waals surface area (Å²) in [6.45, 7) is 0. The third-order valence-corrected chi connectivity index (χ3v) is 2.95. The fraction of sp³-hybridized carbons (Fsp3) is 0. The van der Waals surface area contributed by atoms with Crippen LogP contribution in [0.3, 0.4) is 0 Å². The molecule has 3 aromatic rings. The van der Waals surface area contributed by atoms with E-state index in [-0.39, 0.29) is 5.91 Å². The Morgan fingerprint density at radius 1 is 0.778 bits per heavy atom. The van der Waals surface area contributed by atoms with Crippen LogP contribution >= 0.6 is 0 Å². The molecule has 0 aliphatic rings. The molecule has 2 nitrogen and oxygen atoms in total. The Hall–Kier alpha value is -2.48. The van der Waals surface area contributed by atoms with Crippen LogP contribution in [0.2, 0.25) is 0 Å². The van der Waals surface area contributed by atoms with Crippen LogP contribution in [0.25, 0.3) is 10.9 Å². The Bertz CT molecular complexity index is 699. The minimum atomic E-state index is -0.00704. The number of carbonyl (C=O) groups excluding carboxylic acids is 1. The molecule has 0 atom stereocenters. The lowest BCUT2D eigenvalue weighted by Gasteiger charge is -1.99. The van der Waals surface area contributed by atoms with Gasteiger partial charge in [-0.1, -0.05) is 30.3 Å². The minimum Gasteiger partial charge on any atom is -0.214 e. The summed E-state index contributed by atoms with van der Waals surface area (Å²) >= 11 is 0. The zero-order valence-corrected chi connectivity index (χ0v) is 9.78. The van der Waals surface area contributed by atoms with Crippen molar-refractivity contribution in [3.63, 3.8) is 0 Å². The molecule has 0 N–H and O–H groups in total. The van der Waals surface area contributed by atoms with Crippen LogP contribution in [0.15, 0.2) is 72.9 Å². The van der Waals surface area contributed by atoms with Gasteiger partial charge >= 0.3 is 5.91 Å². The van der Waals surface area contributed by atoms with E-state index in [2.05, 4.69) is 0 Å². The minimum absolute atomic E-state index is 0.00704. The van der Waals surface area contributed by atoms with E-state index < -0.39 is 0 Å². The normalized spacial score (nSPS) is 10.4. The molecule has 0 saturated heterocycles. The second-order valence-electron chi connectivity index (χ2n) is 4.11. The monoisotopic (exact) mass is 234 g/mol. The van der Waals surface area contributed by atoms with E-state index in [0.717, 1.165) is 10.9 Å². The third kappa shape index (κ3) is 1.78. The summed E-state index contributed by atoms with van der Waals surface area (Å²) in [5, 5.41) is 1.06. The number of hydrogen-bond donors (Lipinski definition) is 0. The molecule has 0 fully saturated rings. The van der Waals surface area contributed by atoms with Crippen molar-refractivity contribution in [1.29, 1.82) is 0 Å². The Balaban J connectivity index is 2.18. The Kier molecular flexibility index (Phi) is 2.61. The highest BCUT2D eigenvalue weighted by Gasteiger charge is 2.19. The van der Waals surface area contributed by atoms with Crippen molar-refractivity contribution in [2.45, 2.75) is 0 Å². The molecule has 1 heterocycles. The van der Waals surface area contributed by atoms with E-state index in [1.807, 2.05) is 66.7 Å². The van der Waals surface area contributed by atoms with Gasteiger partial charge in [-0.2, -0.15) is 0 Å². The van der Waals surface area contributed by atoms with E-state index in [0.29, 0.717) is 5.56 Å². The molecule has 0 aliphatic heterocycles. The van der Waals surface area contributed by atoms with Crippen LogP contribution < -0.4 is 4.57 Å². The first-order valence-electron chi connectivity index (χ1n) is 5.85. The quantitative estimate of drug-likeness (QED) is 0.593. The van der Waals surface area contributed by atoms with E-state index in [9.17, 15) is 4.79 Å². The predicted octanol–water partition coefficient (Wildman–Crippen LogP) is 2.82. The molecule has 0 spiro atoms. The lowest BCUT2D eigenvalue weighted by Crippen LogP contribution is -2.43. The van der Waals surface area contributed by atoms with Gasteiger partial charge in [0.25, 0.3) is 0 Å². The van der Waals surface area contributed by atoms with Crippen LogP contribution in [-0.4, -0.2) is 5.91 Å². The zero-order valence-electron chi connectivity index (χ0n) is 9.78. The third-order valence-electron chi connectivity index (χ3n) is 2.95. The van der Waals surface area contributed by atoms with Gasteiger partial charge in [-0.25, -0.2) is 4.79 Å². The van der Waals surface area contributed by atoms with Crippen LogP contribution in [0.4, 0.5) is 0 Å². The summed E-state index contributed by atoms with van der Waals surface area (Å²) in [7, 11) is 0. The molecule has 0 radical (unpaired) electrons. The Morgan fingerprint density at radius 3 is 2.28 bits per heavy atom. The van der Waals surface area contributed by atoms with Gasteiger partial charge in [-0.05, 0) is 24.3 Å². The lowest BCUT2D eigenvalue weighted by atomic mass is 10.1. The van der Waals surface area contributed by atoms with E-state index >= 15 is 0 Å². The second kappa shape index (κ2) is 4.41. The van der Waals surface area contributed by atoms with Crippen LogP contribution in [0, 0.1) is 0 Å². The summed E-state index contributed by atoms with van der Waals surface area (Å²) in [4.78, 5) is 12.4. The molecular weight excluding hydrogens is 222 g/mol. The molecule has 2 aromatic carbocycles. The molecule has 0 aliphatic carbocycles. The highest BCUT2D eigenvalue weighted by molar-refractivity contribution is 5.90. The Morgan fingerprint density at radius 2 is 1.44 bits per heavy atom. The van der Waals surface area contributed by atoms with Crippen molar-refractivity contribution in [3.05, 3.63) is 78.5 Å². The van der Waals surface area contributed by atoms with Crippen LogP contribution in [-0.2, 0) is 0 Å². The number of pyridine rings is 1. The fourth-order valence-electron chi connectivity index (χ4n) is 2.06. The average Bonchev–Trinajstić information content (AvgIpc) is 2.47. The van der Waals surface area contributed by atoms with E-state index in [4.69, 9.17) is 0 Å². The molecule has 0 saturated carbocycles. The maximum atomic E-state index is 12.4. The summed E-state index contributed by atoms with van der Waals surface area (Å²) in [5.41, 5.74) is 1.62. The summed E-state index contributed by atoms with van der Waals surface area (Å²) in [5.74, 6) is -0.00704. The van der Waals surface area contributed by atoms with Gasteiger partial charge in [0.05, 0.1) is 5.56 Å². The number of rotatable bonds is 1. The van der Waals surface area contributed by atoms with Gasteiger partial charge in [0, 0.05) is 17.5 Å². The van der Waals surface area contributed by atoms with Gasteiger partial charge in [0.1, 0.15) is 0 Å². The molecule has 2 heteroatoms. The van der Waals surface area contributed by atoms with E-state index in [1.54, 1.807) is 10.8 Å². The second-order valence-corrected chi connectivity index (χ2v) is 4.11. The van der Waals surface area contributed by atoms with Crippen molar-refractivity contribution in [3.8, 4) is 0 Å². The lowest BCUT2D eigenvalue weighted by molar-refractivity contribution is -0.542. The van der Waals surface area contributed by atoms with Crippen molar-refractivity contribution in [1.82, 2.24) is 0 Å². The fourth-order valence-corrected chi connectivity index (χ4v) is 2.06. The maximum absolute atomic E-state index is 12.4. The highest BCUT2D eigenvalue weighted by Crippen LogP contribution is 2.09. The molecule has 0 unspecified atom stereocenters. The number of nitrogens with zero attached hydrogens (tertiary/aromatic N) is 1. The van der Waals surface area contributed by atoms with Crippen molar-refractivity contribution in [2.75, 3.05) is 0 Å². The van der Waals surface area contributed by atoms with Gasteiger partial charge < -0.3 is 0 Å². The average molecular weight is 234 g/mol. The van der Waals surface area contributed by atoms with Gasteiger partial charge in [-0.15, -0.1) is 4.57 Å². The smallest absolute Gasteiger partial charge is 0.214 e. The standard InChI is InChI=1S/C16H12NO/c18-16(14-8-2-1-3-9-14)17-12-6-10-13-7-4-5-11-15(13)17/h1-12H/q+1. The predicted molar refractivity (Wildman–Crippen MR) is 70.3 cm³/mol. The van der Waals surface area contributed by atoms with Crippen LogP contribution in [0.1, 0.15) is 10.4 Å². The number of fused-ring (bicyclic) bond motifs is 1. The first kappa shape index (κ1) is 10.7. The highest BCUT2D eigenvalue weighted by atomic mass is 16.2. The SMILES string of the molecule is O=C(c1ccccc1)[n+]1cccc2ccccc21. The van der Waals surface area contributed by atoms with Gasteiger partial charge in [0.2, 0.25) is 5.52 Å². The largest absolute Gasteiger partial charge is 0.425 e. The first-order chi connectivity index (χ1) is 8.86. The van der Waals surface area contributed by atoms with Crippen molar-refractivity contribution in [2.24, 2.45) is 0 Å². The zero-order chi connectivity index (χ0) is 12.4. The Labute approximate surface area is 105 Å². The molecule has 18 heavy (non-hydrogen) atoms. The van der Waals surface area contributed by atoms with Gasteiger partial charge in [0.15, 0.2) is 6.20 Å². The molecular formula is C16H12NO+. The molecule has 1 aromatic heterocycles. The number of hydrogen-bond acceptors (Lipinski definition) is 1. The molecule has 0 amide bonds. The number of benzene rings is 2. The molecule has 86 valence electrons. The molecule has 3 rings (SSSR count). The van der Waals surface area contributed by atoms with Crippen LogP contribution in [0.5, 0.6) is 0 Å². The van der Waals surface area contributed by atoms with E-state index in [1.165, 1.54) is 0 Å². The topological polar surface area (TPSA) is 20.9 Å². The van der Waals surface area contributed by atoms with Crippen molar-refractivity contribution >= 4 is 16.8 Å². The van der Waals surface area contributed by atoms with Crippen molar-refractivity contribution < 1.29 is 9.36 Å². The summed E-state index contributed by atoms with van der Waals surface area (Å²) in [6.07, 6.45) is 1.80. The number of para-hydroxylation sites is 1. The summed E-state index contributed by atoms with van der Waals surface area (Å²) < 4.78 is 1.69. The first-order valence-corrected chi connectivity index (χ1v) is 5.85. The number of aromatic nitrogens is 1. The summed E-state index contributed by atoms with van der Waals surface area (Å²) in [6, 6.07) is 21.1. The molecule has 0 bridgehead atoms.